The Labute approximate surface area is 107 Å². The van der Waals surface area contributed by atoms with Crippen LogP contribution in [-0.2, 0) is 0 Å². The van der Waals surface area contributed by atoms with Crippen LogP contribution in [0.1, 0.15) is 20.3 Å². The second-order valence-electron chi connectivity index (χ2n) is 4.62. The first-order valence-corrected chi connectivity index (χ1v) is 6.19. The highest BCUT2D eigenvalue weighted by molar-refractivity contribution is 5.40. The van der Waals surface area contributed by atoms with Crippen molar-refractivity contribution in [3.05, 3.63) is 24.3 Å². The van der Waals surface area contributed by atoms with Crippen LogP contribution in [-0.4, -0.2) is 29.7 Å². The van der Waals surface area contributed by atoms with Gasteiger partial charge in [-0.2, -0.15) is 0 Å². The number of nitrogens with one attached hydrogen (secondary N) is 1. The molecule has 100 valence electrons. The summed E-state index contributed by atoms with van der Waals surface area (Å²) in [5.41, 5.74) is 5.67. The lowest BCUT2D eigenvalue weighted by Crippen LogP contribution is -2.60. The minimum Gasteiger partial charge on any atom is -0.486 e. The van der Waals surface area contributed by atoms with E-state index in [4.69, 9.17) is 15.2 Å². The van der Waals surface area contributed by atoms with Gasteiger partial charge in [-0.05, 0) is 19.1 Å². The van der Waals surface area contributed by atoms with Gasteiger partial charge in [0.1, 0.15) is 12.7 Å². The number of rotatable bonds is 4. The topological polar surface area (TPSA) is 76.7 Å². The number of aliphatic hydroxyl groups is 1. The monoisotopic (exact) mass is 252 g/mol. The zero-order valence-corrected chi connectivity index (χ0v) is 10.7. The Balaban J connectivity index is 2.00. The molecule has 4 N–H and O–H groups in total. The van der Waals surface area contributed by atoms with Gasteiger partial charge in [0, 0.05) is 12.5 Å². The fraction of sp³-hybridized carbons (Fsp3) is 0.538. The number of fused-ring (bicyclic) bond motifs is 1. The molecule has 1 aromatic rings. The summed E-state index contributed by atoms with van der Waals surface area (Å²) in [4.78, 5) is 0. The predicted molar refractivity (Wildman–Crippen MR) is 68.4 cm³/mol. The quantitative estimate of drug-likeness (QED) is 0.692. The van der Waals surface area contributed by atoms with Crippen molar-refractivity contribution >= 4 is 0 Å². The third-order valence-corrected chi connectivity index (χ3v) is 3.10. The Morgan fingerprint density at radius 3 is 2.83 bits per heavy atom. The summed E-state index contributed by atoms with van der Waals surface area (Å²) >= 11 is 0. The van der Waals surface area contributed by atoms with E-state index in [1.165, 1.54) is 0 Å². The molecule has 0 spiro atoms. The normalized spacial score (nSPS) is 23.2. The summed E-state index contributed by atoms with van der Waals surface area (Å²) < 4.78 is 11.4. The van der Waals surface area contributed by atoms with Crippen molar-refractivity contribution in [2.24, 2.45) is 5.73 Å². The summed E-state index contributed by atoms with van der Waals surface area (Å²) in [6.07, 6.45) is 0.239. The minimum atomic E-state index is -1.38. The molecule has 0 saturated heterocycles. The largest absolute Gasteiger partial charge is 0.486 e. The smallest absolute Gasteiger partial charge is 0.169 e. The lowest BCUT2D eigenvalue weighted by Gasteiger charge is -2.34. The van der Waals surface area contributed by atoms with Gasteiger partial charge in [0.25, 0.3) is 0 Å². The van der Waals surface area contributed by atoms with Gasteiger partial charge in [0.2, 0.25) is 0 Å². The van der Waals surface area contributed by atoms with E-state index in [1.54, 1.807) is 0 Å². The highest BCUT2D eigenvalue weighted by Gasteiger charge is 2.30. The number of hydrogen-bond donors (Lipinski definition) is 3. The first-order chi connectivity index (χ1) is 8.52. The van der Waals surface area contributed by atoms with Crippen molar-refractivity contribution < 1.29 is 14.6 Å². The van der Waals surface area contributed by atoms with Crippen LogP contribution in [0.3, 0.4) is 0 Å². The average Bonchev–Trinajstić information content (AvgIpc) is 2.37. The van der Waals surface area contributed by atoms with Crippen molar-refractivity contribution in [2.45, 2.75) is 38.3 Å². The second kappa shape index (κ2) is 5.14. The van der Waals surface area contributed by atoms with E-state index in [0.717, 1.165) is 11.5 Å². The second-order valence-corrected chi connectivity index (χ2v) is 4.62. The van der Waals surface area contributed by atoms with Gasteiger partial charge >= 0.3 is 0 Å². The van der Waals surface area contributed by atoms with Crippen molar-refractivity contribution in [2.75, 3.05) is 6.61 Å². The first kappa shape index (κ1) is 13.1. The van der Waals surface area contributed by atoms with Crippen LogP contribution in [0.2, 0.25) is 0 Å². The van der Waals surface area contributed by atoms with E-state index in [1.807, 2.05) is 38.1 Å². The van der Waals surface area contributed by atoms with E-state index in [-0.39, 0.29) is 12.1 Å². The molecule has 3 atom stereocenters. The molecule has 0 bridgehead atoms. The molecular formula is C13H20N2O3. The number of ether oxygens (including phenoxy) is 2. The summed E-state index contributed by atoms with van der Waals surface area (Å²) in [7, 11) is 0. The maximum absolute atomic E-state index is 9.79. The summed E-state index contributed by atoms with van der Waals surface area (Å²) in [6.45, 7) is 4.16. The van der Waals surface area contributed by atoms with Crippen LogP contribution in [0.4, 0.5) is 0 Å². The van der Waals surface area contributed by atoms with Crippen LogP contribution < -0.4 is 20.5 Å². The number of benzene rings is 1. The van der Waals surface area contributed by atoms with Gasteiger partial charge in [-0.15, -0.1) is 0 Å². The van der Waals surface area contributed by atoms with Crippen molar-refractivity contribution in [1.29, 1.82) is 0 Å². The molecule has 2 rings (SSSR count). The molecule has 3 unspecified atom stereocenters. The highest BCUT2D eigenvalue weighted by atomic mass is 16.6. The summed E-state index contributed by atoms with van der Waals surface area (Å²) in [6, 6.07) is 7.42. The van der Waals surface area contributed by atoms with Gasteiger partial charge < -0.3 is 14.6 Å². The molecule has 0 amide bonds. The molecule has 0 aliphatic carbocycles. The SMILES string of the molecule is CCC(N)(O)NC(C)C1COc2ccccc2O1. The molecule has 0 saturated carbocycles. The van der Waals surface area contributed by atoms with Gasteiger partial charge in [-0.3, -0.25) is 11.1 Å². The molecule has 18 heavy (non-hydrogen) atoms. The van der Waals surface area contributed by atoms with Crippen LogP contribution in [0.15, 0.2) is 24.3 Å². The van der Waals surface area contributed by atoms with E-state index in [0.29, 0.717) is 13.0 Å². The third-order valence-electron chi connectivity index (χ3n) is 3.10. The van der Waals surface area contributed by atoms with Gasteiger partial charge in [0.05, 0.1) is 0 Å². The Morgan fingerprint density at radius 1 is 1.50 bits per heavy atom. The molecule has 1 aromatic carbocycles. The summed E-state index contributed by atoms with van der Waals surface area (Å²) in [5, 5.41) is 12.7. The van der Waals surface area contributed by atoms with Crippen molar-refractivity contribution in [1.82, 2.24) is 5.32 Å². The lowest BCUT2D eigenvalue weighted by atomic mass is 10.1. The first-order valence-electron chi connectivity index (χ1n) is 6.19. The van der Waals surface area contributed by atoms with Crippen LogP contribution in [0.5, 0.6) is 11.5 Å². The fourth-order valence-corrected chi connectivity index (χ4v) is 1.87. The van der Waals surface area contributed by atoms with E-state index >= 15 is 0 Å². The van der Waals surface area contributed by atoms with Gasteiger partial charge in [-0.1, -0.05) is 19.1 Å². The average molecular weight is 252 g/mol. The van der Waals surface area contributed by atoms with E-state index in [2.05, 4.69) is 5.32 Å². The number of nitrogens with two attached hydrogens (primary N) is 1. The standard InChI is InChI=1S/C13H20N2O3/c1-3-13(14,16)15-9(2)12-8-17-10-6-4-5-7-11(10)18-12/h4-7,9,12,15-16H,3,8,14H2,1-2H3. The van der Waals surface area contributed by atoms with Crippen molar-refractivity contribution in [3.8, 4) is 11.5 Å². The Morgan fingerprint density at radius 2 is 2.17 bits per heavy atom. The third kappa shape index (κ3) is 2.93. The summed E-state index contributed by atoms with van der Waals surface area (Å²) in [5.74, 6) is 0.0960. The molecule has 5 nitrogen and oxygen atoms in total. The van der Waals surface area contributed by atoms with Crippen molar-refractivity contribution in [3.63, 3.8) is 0 Å². The molecular weight excluding hydrogens is 232 g/mol. The number of hydrogen-bond acceptors (Lipinski definition) is 5. The van der Waals surface area contributed by atoms with E-state index < -0.39 is 5.85 Å². The molecule has 1 aliphatic heterocycles. The Hall–Kier alpha value is -1.30. The number of para-hydroxylation sites is 2. The molecule has 0 aromatic heterocycles. The van der Waals surface area contributed by atoms with Crippen LogP contribution >= 0.6 is 0 Å². The Bertz CT molecular complexity index is 409. The molecule has 1 heterocycles. The maximum Gasteiger partial charge on any atom is 0.169 e. The maximum atomic E-state index is 9.79. The molecule has 5 heteroatoms. The van der Waals surface area contributed by atoms with Gasteiger partial charge in [0.15, 0.2) is 17.3 Å². The predicted octanol–water partition coefficient (Wildman–Crippen LogP) is 0.819. The van der Waals surface area contributed by atoms with Gasteiger partial charge in [-0.25, -0.2) is 0 Å². The van der Waals surface area contributed by atoms with Crippen LogP contribution in [0, 0.1) is 0 Å². The molecule has 1 aliphatic rings. The zero-order chi connectivity index (χ0) is 13.2. The van der Waals surface area contributed by atoms with E-state index in [9.17, 15) is 5.11 Å². The zero-order valence-electron chi connectivity index (χ0n) is 10.7. The minimum absolute atomic E-state index is 0.117. The fourth-order valence-electron chi connectivity index (χ4n) is 1.87. The lowest BCUT2D eigenvalue weighted by molar-refractivity contribution is -0.0277. The van der Waals surface area contributed by atoms with Crippen LogP contribution in [0.25, 0.3) is 0 Å². The molecule has 0 radical (unpaired) electrons. The Kier molecular flexibility index (Phi) is 3.75. The molecule has 0 fully saturated rings. The highest BCUT2D eigenvalue weighted by Crippen LogP contribution is 2.31.